The molecule has 2 bridgehead atoms. The van der Waals surface area contributed by atoms with Crippen LogP contribution in [0, 0.1) is 5.92 Å². The molecular weight excluding hydrogens is 526 g/mol. The summed E-state index contributed by atoms with van der Waals surface area (Å²) >= 11 is 0. The van der Waals surface area contributed by atoms with Crippen molar-refractivity contribution in [2.75, 3.05) is 18.4 Å². The van der Waals surface area contributed by atoms with Crippen LogP contribution in [0.15, 0.2) is 60.7 Å². The zero-order valence-electron chi connectivity index (χ0n) is 23.8. The van der Waals surface area contributed by atoms with Crippen LogP contribution in [-0.4, -0.2) is 50.3 Å². The van der Waals surface area contributed by atoms with Crippen molar-refractivity contribution in [2.24, 2.45) is 5.92 Å². The fraction of sp³-hybridized carbons (Fsp3) is 0.400. The first kappa shape index (κ1) is 24.8. The molecule has 0 radical (unpaired) electrons. The number of carbonyl (C=O) groups is 1. The largest absolute Gasteiger partial charge is 0.504 e. The first-order valence-electron chi connectivity index (χ1n) is 15.3. The second-order valence-electron chi connectivity index (χ2n) is 13.3. The third-order valence-electron chi connectivity index (χ3n) is 10.9. The maximum atomic E-state index is 13.2. The number of para-hydroxylation sites is 1. The van der Waals surface area contributed by atoms with E-state index in [4.69, 9.17) is 4.74 Å². The number of phenols is 1. The zero-order chi connectivity index (χ0) is 28.4. The molecule has 4 atom stereocenters. The molecule has 7 heteroatoms. The van der Waals surface area contributed by atoms with Crippen molar-refractivity contribution in [1.82, 2.24) is 9.47 Å². The van der Waals surface area contributed by atoms with E-state index in [1.54, 1.807) is 6.07 Å². The van der Waals surface area contributed by atoms with Crippen LogP contribution < -0.4 is 10.1 Å². The number of fused-ring (bicyclic) bond motifs is 4. The standard InChI is InChI=1S/C35H35N3O4/c1-20(39)36-24-6-4-5-22(15-24)19-38-27-8-3-2-7-25(27)26-17-35(41)29-16-23-11-12-28(40)32-30(23)34(35,33(42-32)31(26)38)13-14-37(29)18-21-9-10-21/h2-8,11-12,15,21,29,33,40-41H,9-10,13-14,16-19H2,1H3,(H,36,39)/t29?,33-,34?,35+/m0/s1. The lowest BCUT2D eigenvalue weighted by Gasteiger charge is -2.63. The van der Waals surface area contributed by atoms with Gasteiger partial charge in [0.05, 0.1) is 16.7 Å². The number of carbonyl (C=O) groups excluding carboxylic acids is 1. The second-order valence-corrected chi connectivity index (χ2v) is 13.3. The van der Waals surface area contributed by atoms with E-state index in [0.29, 0.717) is 18.7 Å². The quantitative estimate of drug-likeness (QED) is 0.317. The monoisotopic (exact) mass is 561 g/mol. The lowest BCUT2D eigenvalue weighted by atomic mass is 9.49. The maximum absolute atomic E-state index is 13.2. The number of rotatable bonds is 5. The number of aromatic nitrogens is 1. The fourth-order valence-corrected chi connectivity index (χ4v) is 9.11. The van der Waals surface area contributed by atoms with Crippen molar-refractivity contribution in [2.45, 2.75) is 68.7 Å². The molecule has 214 valence electrons. The third kappa shape index (κ3) is 3.15. The number of ether oxygens (including phenoxy) is 1. The summed E-state index contributed by atoms with van der Waals surface area (Å²) in [5.74, 6) is 1.36. The smallest absolute Gasteiger partial charge is 0.221 e. The van der Waals surface area contributed by atoms with Crippen LogP contribution in [0.3, 0.4) is 0 Å². The van der Waals surface area contributed by atoms with Crippen LogP contribution in [0.2, 0.25) is 0 Å². The van der Waals surface area contributed by atoms with Gasteiger partial charge in [-0.05, 0) is 79.1 Å². The number of likely N-dealkylation sites (tertiary alicyclic amines) is 1. The van der Waals surface area contributed by atoms with Gasteiger partial charge in [0, 0.05) is 54.6 Å². The Morgan fingerprint density at radius 2 is 1.98 bits per heavy atom. The van der Waals surface area contributed by atoms with Crippen molar-refractivity contribution >= 4 is 22.5 Å². The van der Waals surface area contributed by atoms with Crippen LogP contribution in [-0.2, 0) is 29.6 Å². The molecule has 1 spiro atoms. The first-order valence-corrected chi connectivity index (χ1v) is 15.3. The Hall–Kier alpha value is -3.81. The predicted octanol–water partition coefficient (Wildman–Crippen LogP) is 5.05. The third-order valence-corrected chi connectivity index (χ3v) is 10.9. The highest BCUT2D eigenvalue weighted by atomic mass is 16.5. The SMILES string of the molecule is CC(=O)Nc1cccc(Cn2c3c(c4ccccc42)C[C@@]2(O)C4Cc5ccc(O)c6c5C2(CCN4CC2CC2)[C@H]3O6)c1. The van der Waals surface area contributed by atoms with Crippen molar-refractivity contribution < 1.29 is 19.7 Å². The highest BCUT2D eigenvalue weighted by Gasteiger charge is 2.73. The number of nitrogens with zero attached hydrogens (tertiary/aromatic N) is 2. The Bertz CT molecular complexity index is 1810. The van der Waals surface area contributed by atoms with Gasteiger partial charge in [0.1, 0.15) is 0 Å². The number of anilines is 1. The van der Waals surface area contributed by atoms with Crippen molar-refractivity contribution in [3.05, 3.63) is 88.6 Å². The number of amides is 1. The Kier molecular flexibility index (Phi) is 4.95. The molecule has 3 aliphatic carbocycles. The van der Waals surface area contributed by atoms with E-state index in [2.05, 4.69) is 51.2 Å². The number of phenolic OH excluding ortho intramolecular Hbond substituents is 1. The van der Waals surface area contributed by atoms with E-state index in [-0.39, 0.29) is 17.7 Å². The molecule has 1 aromatic heterocycles. The van der Waals surface area contributed by atoms with E-state index in [9.17, 15) is 15.0 Å². The second kappa shape index (κ2) is 8.39. The summed E-state index contributed by atoms with van der Waals surface area (Å²) in [5.41, 5.74) is 5.81. The molecule has 5 aliphatic rings. The molecule has 3 N–H and O–H groups in total. The van der Waals surface area contributed by atoms with E-state index in [1.165, 1.54) is 25.3 Å². The molecule has 7 nitrogen and oxygen atoms in total. The van der Waals surface area contributed by atoms with Crippen LogP contribution >= 0.6 is 0 Å². The molecule has 2 fully saturated rings. The molecule has 2 aliphatic heterocycles. The van der Waals surface area contributed by atoms with E-state index in [1.807, 2.05) is 18.2 Å². The van der Waals surface area contributed by atoms with Gasteiger partial charge < -0.3 is 24.8 Å². The van der Waals surface area contributed by atoms with Crippen LogP contribution in [0.25, 0.3) is 10.9 Å². The van der Waals surface area contributed by atoms with Crippen LogP contribution in [0.5, 0.6) is 11.5 Å². The van der Waals surface area contributed by atoms with Gasteiger partial charge in [-0.3, -0.25) is 9.69 Å². The molecule has 1 saturated heterocycles. The number of hydrogen-bond acceptors (Lipinski definition) is 5. The van der Waals surface area contributed by atoms with Crippen molar-refractivity contribution in [3.63, 3.8) is 0 Å². The number of aromatic hydroxyl groups is 1. The van der Waals surface area contributed by atoms with Gasteiger partial charge in [-0.1, -0.05) is 36.4 Å². The number of nitrogens with one attached hydrogen (secondary N) is 1. The summed E-state index contributed by atoms with van der Waals surface area (Å²) in [6.07, 6.45) is 4.28. The number of benzene rings is 3. The highest BCUT2D eigenvalue weighted by molar-refractivity contribution is 5.89. The summed E-state index contributed by atoms with van der Waals surface area (Å²) in [4.78, 5) is 14.3. The Morgan fingerprint density at radius 3 is 2.81 bits per heavy atom. The summed E-state index contributed by atoms with van der Waals surface area (Å²) in [7, 11) is 0. The Balaban J connectivity index is 1.26. The summed E-state index contributed by atoms with van der Waals surface area (Å²) in [6.45, 7) is 4.10. The van der Waals surface area contributed by atoms with E-state index >= 15 is 0 Å². The molecule has 9 rings (SSSR count). The number of piperidine rings is 1. The molecule has 1 saturated carbocycles. The molecule has 2 unspecified atom stereocenters. The van der Waals surface area contributed by atoms with Gasteiger partial charge in [0.2, 0.25) is 5.91 Å². The molecule has 3 aromatic carbocycles. The number of aliphatic hydroxyl groups is 1. The molecule has 42 heavy (non-hydrogen) atoms. The summed E-state index contributed by atoms with van der Waals surface area (Å²) in [6, 6.07) is 20.3. The van der Waals surface area contributed by atoms with E-state index in [0.717, 1.165) is 70.8 Å². The topological polar surface area (TPSA) is 87.0 Å². The Morgan fingerprint density at radius 1 is 1.12 bits per heavy atom. The minimum Gasteiger partial charge on any atom is -0.504 e. The van der Waals surface area contributed by atoms with Crippen LogP contribution in [0.4, 0.5) is 5.69 Å². The minimum absolute atomic E-state index is 0.00513. The van der Waals surface area contributed by atoms with Gasteiger partial charge in [-0.2, -0.15) is 0 Å². The molecule has 1 amide bonds. The normalized spacial score (nSPS) is 28.7. The van der Waals surface area contributed by atoms with Gasteiger partial charge >= 0.3 is 0 Å². The molecule has 4 aromatic rings. The minimum atomic E-state index is -1.01. The summed E-state index contributed by atoms with van der Waals surface area (Å²) in [5, 5.41) is 28.3. The lowest BCUT2D eigenvalue weighted by Crippen LogP contribution is -2.74. The number of hydrogen-bond donors (Lipinski definition) is 3. The average molecular weight is 562 g/mol. The zero-order valence-corrected chi connectivity index (χ0v) is 23.8. The van der Waals surface area contributed by atoms with Gasteiger partial charge in [-0.25, -0.2) is 0 Å². The summed E-state index contributed by atoms with van der Waals surface area (Å²) < 4.78 is 9.27. The first-order chi connectivity index (χ1) is 20.4. The predicted molar refractivity (Wildman–Crippen MR) is 160 cm³/mol. The lowest BCUT2D eigenvalue weighted by molar-refractivity contribution is -0.173. The van der Waals surface area contributed by atoms with Gasteiger partial charge in [0.25, 0.3) is 0 Å². The molecular formula is C35H35N3O4. The Labute approximate surface area is 244 Å². The van der Waals surface area contributed by atoms with Gasteiger partial charge in [-0.15, -0.1) is 0 Å². The average Bonchev–Trinajstić information content (AvgIpc) is 3.64. The fourth-order valence-electron chi connectivity index (χ4n) is 9.11. The molecule has 3 heterocycles. The van der Waals surface area contributed by atoms with Gasteiger partial charge in [0.15, 0.2) is 17.6 Å². The highest BCUT2D eigenvalue weighted by Crippen LogP contribution is 2.69. The van der Waals surface area contributed by atoms with Crippen LogP contribution in [0.1, 0.15) is 60.2 Å². The van der Waals surface area contributed by atoms with Crippen molar-refractivity contribution in [1.29, 1.82) is 0 Å². The van der Waals surface area contributed by atoms with E-state index < -0.39 is 17.1 Å². The van der Waals surface area contributed by atoms with Crippen molar-refractivity contribution in [3.8, 4) is 11.5 Å². The maximum Gasteiger partial charge on any atom is 0.221 e.